The molecule has 53 heavy (non-hydrogen) atoms. The second-order valence-electron chi connectivity index (χ2n) is 14.0. The summed E-state index contributed by atoms with van der Waals surface area (Å²) in [5, 5.41) is 0. The number of fused-ring (bicyclic) bond motifs is 9. The highest BCUT2D eigenvalue weighted by atomic mass is 15.2. The van der Waals surface area contributed by atoms with Crippen molar-refractivity contribution in [3.63, 3.8) is 0 Å². The van der Waals surface area contributed by atoms with Crippen LogP contribution in [-0.2, 0) is 7.05 Å². The third-order valence-electron chi connectivity index (χ3n) is 11.0. The number of hydrogen-bond donors (Lipinski definition) is 0. The molecule has 0 N–H and O–H groups in total. The van der Waals surface area contributed by atoms with Crippen molar-refractivity contribution in [1.82, 2.24) is 4.57 Å². The van der Waals surface area contributed by atoms with Crippen molar-refractivity contribution in [3.05, 3.63) is 194 Å². The van der Waals surface area contributed by atoms with Crippen LogP contribution >= 0.6 is 0 Å². The van der Waals surface area contributed by atoms with Crippen molar-refractivity contribution in [2.75, 3.05) is 0 Å². The first-order chi connectivity index (χ1) is 26.2. The van der Waals surface area contributed by atoms with Crippen LogP contribution in [0.15, 0.2) is 188 Å². The zero-order valence-electron chi connectivity index (χ0n) is 29.8. The Bertz CT molecular complexity index is 2780. The lowest BCUT2D eigenvalue weighted by Crippen LogP contribution is -2.31. The van der Waals surface area contributed by atoms with Crippen LogP contribution in [0.1, 0.15) is 5.56 Å². The van der Waals surface area contributed by atoms with E-state index in [9.17, 15) is 0 Å². The van der Waals surface area contributed by atoms with E-state index in [2.05, 4.69) is 211 Å². The van der Waals surface area contributed by atoms with E-state index in [0.29, 0.717) is 0 Å². The number of benzene rings is 8. The molecule has 0 radical (unpaired) electrons. The molecule has 0 fully saturated rings. The van der Waals surface area contributed by atoms with Gasteiger partial charge in [0.2, 0.25) is 0 Å². The summed E-state index contributed by atoms with van der Waals surface area (Å²) in [5.41, 5.74) is 20.6. The Hall–Kier alpha value is -6.77. The van der Waals surface area contributed by atoms with Gasteiger partial charge in [-0.2, -0.15) is 4.57 Å². The Morgan fingerprint density at radius 2 is 0.792 bits per heavy atom. The molecule has 1 aliphatic rings. The fourth-order valence-corrected chi connectivity index (χ4v) is 8.65. The number of hydrogen-bond acceptors (Lipinski definition) is 0. The molecule has 1 aromatic heterocycles. The first-order valence-corrected chi connectivity index (χ1v) is 18.4. The van der Waals surface area contributed by atoms with Crippen LogP contribution in [0.3, 0.4) is 0 Å². The van der Waals surface area contributed by atoms with E-state index >= 15 is 0 Å². The molecule has 1 heterocycles. The number of para-hydroxylation sites is 3. The van der Waals surface area contributed by atoms with Gasteiger partial charge in [-0.1, -0.05) is 176 Å². The fraction of sp³-hybridized carbons (Fsp3) is 0.0392. The van der Waals surface area contributed by atoms with Gasteiger partial charge in [-0.3, -0.25) is 0 Å². The maximum absolute atomic E-state index is 2.55. The third kappa shape index (κ3) is 4.83. The highest BCUT2D eigenvalue weighted by Crippen LogP contribution is 2.52. The summed E-state index contributed by atoms with van der Waals surface area (Å²) in [6, 6.07) is 68.7. The molecule has 0 amide bonds. The molecule has 0 atom stereocenters. The Balaban J connectivity index is 1.40. The van der Waals surface area contributed by atoms with E-state index in [4.69, 9.17) is 0 Å². The highest BCUT2D eigenvalue weighted by molar-refractivity contribution is 6.07. The molecule has 0 bridgehead atoms. The smallest absolute Gasteiger partial charge is 0.225 e. The van der Waals surface area contributed by atoms with Crippen LogP contribution in [-0.4, -0.2) is 4.57 Å². The van der Waals surface area contributed by atoms with Gasteiger partial charge in [-0.25, -0.2) is 4.57 Å². The summed E-state index contributed by atoms with van der Waals surface area (Å²) in [7, 11) is 2.23. The van der Waals surface area contributed by atoms with Crippen LogP contribution in [0.25, 0.3) is 94.9 Å². The maximum atomic E-state index is 2.55. The Labute approximate surface area is 310 Å². The van der Waals surface area contributed by atoms with Crippen LogP contribution in [0.5, 0.6) is 0 Å². The lowest BCUT2D eigenvalue weighted by atomic mass is 9.78. The minimum absolute atomic E-state index is 1.14. The average Bonchev–Trinajstić information content (AvgIpc) is 3.51. The second kappa shape index (κ2) is 12.5. The van der Waals surface area contributed by atoms with E-state index in [1.807, 2.05) is 0 Å². The normalized spacial score (nSPS) is 11.6. The minimum atomic E-state index is 1.14. The molecule has 10 rings (SSSR count). The van der Waals surface area contributed by atoms with E-state index in [0.717, 1.165) is 11.3 Å². The Morgan fingerprint density at radius 3 is 1.36 bits per heavy atom. The summed E-state index contributed by atoms with van der Waals surface area (Å²) in [4.78, 5) is 0. The van der Waals surface area contributed by atoms with Gasteiger partial charge in [0, 0.05) is 16.7 Å². The maximum Gasteiger partial charge on any atom is 0.295 e. The van der Waals surface area contributed by atoms with Crippen molar-refractivity contribution in [1.29, 1.82) is 0 Å². The molecule has 9 aromatic rings. The van der Waals surface area contributed by atoms with Crippen molar-refractivity contribution >= 4 is 11.0 Å². The number of aromatic nitrogens is 2. The van der Waals surface area contributed by atoms with Gasteiger partial charge in [0.05, 0.1) is 12.6 Å². The van der Waals surface area contributed by atoms with Crippen LogP contribution in [0, 0.1) is 6.92 Å². The van der Waals surface area contributed by atoms with Crippen molar-refractivity contribution in [2.24, 2.45) is 7.05 Å². The average molecular weight is 678 g/mol. The zero-order valence-corrected chi connectivity index (χ0v) is 29.8. The molecular weight excluding hydrogens is 641 g/mol. The number of aryl methyl sites for hydroxylation is 2. The van der Waals surface area contributed by atoms with Crippen LogP contribution < -0.4 is 4.57 Å². The van der Waals surface area contributed by atoms with Gasteiger partial charge in [-0.05, 0) is 74.7 Å². The van der Waals surface area contributed by atoms with Gasteiger partial charge < -0.3 is 0 Å². The highest BCUT2D eigenvalue weighted by Gasteiger charge is 2.35. The van der Waals surface area contributed by atoms with E-state index in [-0.39, 0.29) is 0 Å². The summed E-state index contributed by atoms with van der Waals surface area (Å²) in [6.45, 7) is 2.28. The van der Waals surface area contributed by atoms with Crippen molar-refractivity contribution < 1.29 is 4.57 Å². The Kier molecular flexibility index (Phi) is 7.30. The lowest BCUT2D eigenvalue weighted by Gasteiger charge is -2.25. The molecule has 0 saturated carbocycles. The number of nitrogens with zero attached hydrogens (tertiary/aromatic N) is 2. The van der Waals surface area contributed by atoms with Gasteiger partial charge in [0.1, 0.15) is 5.69 Å². The topological polar surface area (TPSA) is 8.81 Å². The van der Waals surface area contributed by atoms with Gasteiger partial charge >= 0.3 is 0 Å². The molecular formula is C51H37N2+. The minimum Gasteiger partial charge on any atom is -0.225 e. The Morgan fingerprint density at radius 1 is 0.358 bits per heavy atom. The van der Waals surface area contributed by atoms with Crippen LogP contribution in [0.2, 0.25) is 0 Å². The first-order valence-electron chi connectivity index (χ1n) is 18.4. The zero-order chi connectivity index (χ0) is 35.5. The molecule has 1 aliphatic carbocycles. The standard InChI is InChI=1S/C51H37N2/c1-34-32-33-45-43-26-12-11-24-41(43)39-22-9-10-23-40(39)42-25-13-14-27-44(42)49(45)48(34)51-52(2)46-30-15-16-31-47(46)53(51)50-37(35-18-5-3-6-19-35)28-17-29-38(50)36-20-7-4-8-21-36/h3-33H,1-2H3/q+1. The molecule has 0 aliphatic heterocycles. The predicted molar refractivity (Wildman–Crippen MR) is 221 cm³/mol. The van der Waals surface area contributed by atoms with Gasteiger partial charge in [-0.15, -0.1) is 0 Å². The molecule has 8 aromatic carbocycles. The quantitative estimate of drug-likeness (QED) is 0.164. The van der Waals surface area contributed by atoms with E-state index in [1.54, 1.807) is 0 Å². The molecule has 2 nitrogen and oxygen atoms in total. The molecule has 0 saturated heterocycles. The number of rotatable bonds is 4. The second-order valence-corrected chi connectivity index (χ2v) is 14.0. The molecule has 250 valence electrons. The van der Waals surface area contributed by atoms with Gasteiger partial charge in [0.25, 0.3) is 5.82 Å². The molecule has 0 spiro atoms. The summed E-state index contributed by atoms with van der Waals surface area (Å²) >= 11 is 0. The SMILES string of the molecule is Cc1ccc2c(c1-c1n(-c3c(-c4ccccc4)cccc3-c3ccccc3)c3ccccc3[n+]1C)-c1ccccc1-c1ccccc1-c1ccccc1-2. The largest absolute Gasteiger partial charge is 0.295 e. The van der Waals surface area contributed by atoms with Crippen LogP contribution in [0.4, 0.5) is 0 Å². The van der Waals surface area contributed by atoms with Crippen molar-refractivity contribution in [2.45, 2.75) is 6.92 Å². The molecule has 2 heteroatoms. The summed E-state index contributed by atoms with van der Waals surface area (Å²) in [5.74, 6) is 1.14. The monoisotopic (exact) mass is 677 g/mol. The summed E-state index contributed by atoms with van der Waals surface area (Å²) < 4.78 is 4.96. The number of imidazole rings is 1. The predicted octanol–water partition coefficient (Wildman–Crippen LogP) is 12.7. The van der Waals surface area contributed by atoms with Gasteiger partial charge in [0.15, 0.2) is 11.0 Å². The van der Waals surface area contributed by atoms with Crippen molar-refractivity contribution in [3.8, 4) is 83.8 Å². The fourth-order valence-electron chi connectivity index (χ4n) is 8.65. The van der Waals surface area contributed by atoms with E-state index in [1.165, 1.54) is 89.1 Å². The third-order valence-corrected chi connectivity index (χ3v) is 11.0. The van der Waals surface area contributed by atoms with E-state index < -0.39 is 0 Å². The lowest BCUT2D eigenvalue weighted by molar-refractivity contribution is -0.633. The first kappa shape index (κ1) is 31.0. The summed E-state index contributed by atoms with van der Waals surface area (Å²) in [6.07, 6.45) is 0. The molecule has 0 unspecified atom stereocenters.